The molecule has 47 heavy (non-hydrogen) atoms. The molecule has 0 N–H and O–H groups in total. The second-order valence-corrected chi connectivity index (χ2v) is 14.2. The lowest BCUT2D eigenvalue weighted by atomic mass is 9.89. The third-order valence-corrected chi connectivity index (χ3v) is 9.26. The fourth-order valence-corrected chi connectivity index (χ4v) is 6.39. The van der Waals surface area contributed by atoms with Gasteiger partial charge in [0.15, 0.2) is 0 Å². The Morgan fingerprint density at radius 2 is 1.32 bits per heavy atom. The van der Waals surface area contributed by atoms with E-state index in [9.17, 15) is 13.6 Å². The van der Waals surface area contributed by atoms with E-state index in [1.54, 1.807) is 20.8 Å². The number of halogens is 2. The SMILES string of the molecule is CC(C)(C)OC(=O)N1CCC(CCOC2CCC(N(Cc3ccccc3)Cc3ccccc3)CC2)C(F)(F)C1.Cc1ccccc1C. The molecule has 2 aliphatic rings. The first-order valence-corrected chi connectivity index (χ1v) is 17.2. The van der Waals surface area contributed by atoms with Gasteiger partial charge in [0.2, 0.25) is 0 Å². The van der Waals surface area contributed by atoms with Crippen molar-refractivity contribution in [3.05, 3.63) is 107 Å². The fraction of sp³-hybridized carbons (Fsp3) is 0.525. The molecule has 1 amide bonds. The van der Waals surface area contributed by atoms with Crippen LogP contribution in [0.3, 0.4) is 0 Å². The van der Waals surface area contributed by atoms with E-state index in [4.69, 9.17) is 9.47 Å². The van der Waals surface area contributed by atoms with Gasteiger partial charge >= 0.3 is 6.09 Å². The average Bonchev–Trinajstić information content (AvgIpc) is 3.03. The van der Waals surface area contributed by atoms with E-state index < -0.39 is 30.1 Å². The lowest BCUT2D eigenvalue weighted by Crippen LogP contribution is -2.52. The number of benzene rings is 3. The summed E-state index contributed by atoms with van der Waals surface area (Å²) < 4.78 is 41.1. The monoisotopic (exact) mass is 648 g/mol. The molecule has 1 unspecified atom stereocenters. The highest BCUT2D eigenvalue weighted by Crippen LogP contribution is 2.36. The lowest BCUT2D eigenvalue weighted by Gasteiger charge is -2.39. The minimum absolute atomic E-state index is 0.118. The van der Waals surface area contributed by atoms with E-state index in [1.165, 1.54) is 22.3 Å². The predicted molar refractivity (Wildman–Crippen MR) is 186 cm³/mol. The molecule has 0 radical (unpaired) electrons. The number of likely N-dealkylation sites (tertiary alicyclic amines) is 1. The van der Waals surface area contributed by atoms with Gasteiger partial charge in [-0.3, -0.25) is 4.90 Å². The summed E-state index contributed by atoms with van der Waals surface area (Å²) in [4.78, 5) is 16.0. The van der Waals surface area contributed by atoms with Crippen LogP contribution in [-0.2, 0) is 22.6 Å². The molecule has 7 heteroatoms. The maximum absolute atomic E-state index is 14.9. The Morgan fingerprint density at radius 1 is 0.809 bits per heavy atom. The normalized spacial score (nSPS) is 21.1. The summed E-state index contributed by atoms with van der Waals surface area (Å²) in [6.07, 6.45) is 3.98. The number of ether oxygens (including phenoxy) is 2. The summed E-state index contributed by atoms with van der Waals surface area (Å²) in [6, 6.07) is 30.0. The molecule has 3 aromatic carbocycles. The summed E-state index contributed by atoms with van der Waals surface area (Å²) in [6.45, 7) is 11.3. The van der Waals surface area contributed by atoms with Crippen LogP contribution in [0.1, 0.15) is 81.5 Å². The Bertz CT molecular complexity index is 1290. The smallest absolute Gasteiger partial charge is 0.410 e. The molecule has 1 aliphatic heterocycles. The van der Waals surface area contributed by atoms with E-state index in [0.717, 1.165) is 43.7 Å². The van der Waals surface area contributed by atoms with Gasteiger partial charge in [0.25, 0.3) is 5.92 Å². The van der Waals surface area contributed by atoms with Crippen molar-refractivity contribution in [3.63, 3.8) is 0 Å². The molecule has 0 spiro atoms. The minimum Gasteiger partial charge on any atom is -0.444 e. The molecule has 1 heterocycles. The summed E-state index contributed by atoms with van der Waals surface area (Å²) in [5.74, 6) is -3.72. The molecule has 0 bridgehead atoms. The van der Waals surface area contributed by atoms with Crippen LogP contribution in [-0.4, -0.2) is 59.3 Å². The van der Waals surface area contributed by atoms with Gasteiger partial charge in [-0.1, -0.05) is 84.9 Å². The quantitative estimate of drug-likeness (QED) is 0.232. The van der Waals surface area contributed by atoms with Gasteiger partial charge in [-0.05, 0) is 95.4 Å². The van der Waals surface area contributed by atoms with Gasteiger partial charge in [-0.15, -0.1) is 0 Å². The molecule has 2 fully saturated rings. The van der Waals surface area contributed by atoms with Gasteiger partial charge < -0.3 is 14.4 Å². The Hall–Kier alpha value is -3.29. The Balaban J connectivity index is 0.000000546. The van der Waals surface area contributed by atoms with Crippen LogP contribution in [0.15, 0.2) is 84.9 Å². The molecule has 5 rings (SSSR count). The van der Waals surface area contributed by atoms with Crippen molar-refractivity contribution in [2.45, 2.75) is 110 Å². The van der Waals surface area contributed by atoms with Crippen LogP contribution < -0.4 is 0 Å². The van der Waals surface area contributed by atoms with Crippen LogP contribution in [0.2, 0.25) is 0 Å². The summed E-state index contributed by atoms with van der Waals surface area (Å²) >= 11 is 0. The average molecular weight is 649 g/mol. The zero-order valence-corrected chi connectivity index (χ0v) is 29.0. The van der Waals surface area contributed by atoms with E-state index in [2.05, 4.69) is 91.5 Å². The van der Waals surface area contributed by atoms with Gasteiger partial charge in [0, 0.05) is 38.2 Å². The minimum atomic E-state index is -2.94. The Morgan fingerprint density at radius 3 is 1.79 bits per heavy atom. The van der Waals surface area contributed by atoms with Crippen LogP contribution in [0.25, 0.3) is 0 Å². The van der Waals surface area contributed by atoms with Crippen molar-refractivity contribution in [3.8, 4) is 0 Å². The number of rotatable bonds is 9. The van der Waals surface area contributed by atoms with Crippen molar-refractivity contribution >= 4 is 6.09 Å². The van der Waals surface area contributed by atoms with Crippen molar-refractivity contribution in [2.24, 2.45) is 5.92 Å². The van der Waals surface area contributed by atoms with Gasteiger partial charge in [0.1, 0.15) is 5.60 Å². The van der Waals surface area contributed by atoms with E-state index in [-0.39, 0.29) is 12.5 Å². The number of amides is 1. The van der Waals surface area contributed by atoms with Crippen molar-refractivity contribution in [2.75, 3.05) is 19.7 Å². The third kappa shape index (κ3) is 12.0. The second kappa shape index (κ2) is 17.2. The first kappa shape index (κ1) is 36.5. The summed E-state index contributed by atoms with van der Waals surface area (Å²) in [5, 5.41) is 0. The Kier molecular flexibility index (Phi) is 13.4. The molecule has 3 aromatic rings. The summed E-state index contributed by atoms with van der Waals surface area (Å²) in [7, 11) is 0. The van der Waals surface area contributed by atoms with E-state index >= 15 is 0 Å². The number of alkyl halides is 2. The molecule has 256 valence electrons. The van der Waals surface area contributed by atoms with Gasteiger partial charge in [0.05, 0.1) is 12.6 Å². The zero-order chi connectivity index (χ0) is 33.9. The third-order valence-electron chi connectivity index (χ3n) is 9.26. The Labute approximate surface area is 281 Å². The maximum atomic E-state index is 14.9. The molecule has 1 aliphatic carbocycles. The molecule has 1 saturated heterocycles. The van der Waals surface area contributed by atoms with E-state index in [0.29, 0.717) is 25.6 Å². The van der Waals surface area contributed by atoms with Crippen molar-refractivity contribution in [1.82, 2.24) is 9.80 Å². The second-order valence-electron chi connectivity index (χ2n) is 14.2. The lowest BCUT2D eigenvalue weighted by molar-refractivity contribution is -0.120. The van der Waals surface area contributed by atoms with Gasteiger partial charge in [-0.2, -0.15) is 0 Å². The van der Waals surface area contributed by atoms with Crippen LogP contribution in [0, 0.1) is 19.8 Å². The van der Waals surface area contributed by atoms with Crippen molar-refractivity contribution < 1.29 is 23.0 Å². The molecular formula is C40H54F2N2O3. The summed E-state index contributed by atoms with van der Waals surface area (Å²) in [5.41, 5.74) is 4.66. The number of carbonyl (C=O) groups excluding carboxylic acids is 1. The number of aryl methyl sites for hydroxylation is 2. The van der Waals surface area contributed by atoms with Gasteiger partial charge in [-0.25, -0.2) is 13.6 Å². The highest BCUT2D eigenvalue weighted by molar-refractivity contribution is 5.68. The molecular weight excluding hydrogens is 594 g/mol. The van der Waals surface area contributed by atoms with Crippen LogP contribution >= 0.6 is 0 Å². The topological polar surface area (TPSA) is 42.0 Å². The highest BCUT2D eigenvalue weighted by Gasteiger charge is 2.46. The van der Waals surface area contributed by atoms with E-state index in [1.807, 2.05) is 12.1 Å². The molecule has 1 saturated carbocycles. The number of hydrogen-bond donors (Lipinski definition) is 0. The van der Waals surface area contributed by atoms with Crippen LogP contribution in [0.5, 0.6) is 0 Å². The standard InChI is InChI=1S/C32H44F2N2O3.C8H10/c1-31(2,3)39-30(37)35-20-18-27(32(33,34)24-35)19-21-38-29-16-14-28(15-17-29)36(22-25-10-6-4-7-11-25)23-26-12-8-5-9-13-26;1-7-5-3-4-6-8(7)2/h4-13,27-29H,14-24H2,1-3H3;3-6H,1-2H3. The maximum Gasteiger partial charge on any atom is 0.410 e. The fourth-order valence-electron chi connectivity index (χ4n) is 6.39. The zero-order valence-electron chi connectivity index (χ0n) is 29.0. The van der Waals surface area contributed by atoms with Crippen molar-refractivity contribution in [1.29, 1.82) is 0 Å². The largest absolute Gasteiger partial charge is 0.444 e. The number of piperidine rings is 1. The predicted octanol–water partition coefficient (Wildman–Crippen LogP) is 9.60. The number of nitrogens with zero attached hydrogens (tertiary/aromatic N) is 2. The molecule has 5 nitrogen and oxygen atoms in total. The molecule has 1 atom stereocenters. The van der Waals surface area contributed by atoms with Crippen LogP contribution in [0.4, 0.5) is 13.6 Å². The first-order valence-electron chi connectivity index (χ1n) is 17.2. The number of carbonyl (C=O) groups is 1. The number of hydrogen-bond acceptors (Lipinski definition) is 4. The first-order chi connectivity index (χ1) is 22.4. The molecule has 0 aromatic heterocycles. The highest BCUT2D eigenvalue weighted by atomic mass is 19.3.